The molecular formula is C10H13NO2. The lowest BCUT2D eigenvalue weighted by Gasteiger charge is -2.03. The molecule has 0 aromatic carbocycles. The van der Waals surface area contributed by atoms with Crippen LogP contribution in [-0.2, 0) is 11.2 Å². The third kappa shape index (κ3) is 2.36. The molecule has 0 aliphatic rings. The normalized spacial score (nSPS) is 10.0. The molecule has 0 aliphatic carbocycles. The zero-order chi connectivity index (χ0) is 9.68. The first kappa shape index (κ1) is 9.86. The van der Waals surface area contributed by atoms with Gasteiger partial charge >= 0.3 is 0 Å². The molecule has 0 spiro atoms. The molecule has 0 aliphatic heterocycles. The number of aromatic nitrogens is 1. The number of hydrogen-bond donors (Lipinski definition) is 0. The molecule has 0 unspecified atom stereocenters. The fraction of sp³-hybridized carbons (Fsp3) is 0.400. The van der Waals surface area contributed by atoms with Gasteiger partial charge < -0.3 is 4.74 Å². The Bertz CT molecular complexity index is 297. The van der Waals surface area contributed by atoms with Crippen molar-refractivity contribution in [3.63, 3.8) is 0 Å². The van der Waals surface area contributed by atoms with Crippen molar-refractivity contribution in [3.05, 3.63) is 29.6 Å². The smallest absolute Gasteiger partial charge is 0.206 e. The topological polar surface area (TPSA) is 39.2 Å². The van der Waals surface area contributed by atoms with E-state index < -0.39 is 0 Å². The number of rotatable bonds is 4. The van der Waals surface area contributed by atoms with Crippen molar-refractivity contribution in [1.29, 1.82) is 0 Å². The van der Waals surface area contributed by atoms with Gasteiger partial charge in [0.05, 0.1) is 0 Å². The third-order valence-electron chi connectivity index (χ3n) is 1.81. The standard InChI is InChI=1S/C10H13NO2/c1-3-8-5-4-6-11-10(8)9(12)7-13-2/h4-6H,3,7H2,1-2H3. The van der Waals surface area contributed by atoms with E-state index in [1.165, 1.54) is 7.11 Å². The Morgan fingerprint density at radius 2 is 2.38 bits per heavy atom. The molecule has 0 N–H and O–H groups in total. The highest BCUT2D eigenvalue weighted by atomic mass is 16.5. The van der Waals surface area contributed by atoms with Crippen LogP contribution in [0.25, 0.3) is 0 Å². The van der Waals surface area contributed by atoms with E-state index in [0.29, 0.717) is 5.69 Å². The minimum Gasteiger partial charge on any atom is -0.376 e. The summed E-state index contributed by atoms with van der Waals surface area (Å²) in [6.45, 7) is 2.10. The van der Waals surface area contributed by atoms with E-state index in [1.807, 2.05) is 19.1 Å². The first-order valence-electron chi connectivity index (χ1n) is 4.25. The number of aryl methyl sites for hydroxylation is 1. The van der Waals surface area contributed by atoms with Crippen LogP contribution in [0.2, 0.25) is 0 Å². The Balaban J connectivity index is 2.92. The molecule has 1 rings (SSSR count). The minimum atomic E-state index is -0.0556. The average Bonchev–Trinajstić information content (AvgIpc) is 2.18. The molecule has 0 radical (unpaired) electrons. The Kier molecular flexibility index (Phi) is 3.58. The van der Waals surface area contributed by atoms with Gasteiger partial charge in [-0.05, 0) is 18.1 Å². The van der Waals surface area contributed by atoms with E-state index in [2.05, 4.69) is 4.98 Å². The molecule has 0 atom stereocenters. The van der Waals surface area contributed by atoms with Gasteiger partial charge in [-0.15, -0.1) is 0 Å². The largest absolute Gasteiger partial charge is 0.376 e. The number of nitrogens with zero attached hydrogens (tertiary/aromatic N) is 1. The first-order chi connectivity index (χ1) is 6.29. The molecule has 1 heterocycles. The van der Waals surface area contributed by atoms with Crippen molar-refractivity contribution in [2.45, 2.75) is 13.3 Å². The van der Waals surface area contributed by atoms with Gasteiger partial charge in [-0.25, -0.2) is 0 Å². The van der Waals surface area contributed by atoms with E-state index in [1.54, 1.807) is 6.20 Å². The van der Waals surface area contributed by atoms with E-state index >= 15 is 0 Å². The Labute approximate surface area is 77.8 Å². The lowest BCUT2D eigenvalue weighted by molar-refractivity contribution is 0.0842. The van der Waals surface area contributed by atoms with Crippen molar-refractivity contribution >= 4 is 5.78 Å². The molecule has 0 saturated heterocycles. The minimum absolute atomic E-state index is 0.0556. The van der Waals surface area contributed by atoms with Gasteiger partial charge in [-0.3, -0.25) is 9.78 Å². The Morgan fingerprint density at radius 3 is 3.00 bits per heavy atom. The van der Waals surface area contributed by atoms with Gasteiger partial charge in [-0.1, -0.05) is 13.0 Å². The number of hydrogen-bond acceptors (Lipinski definition) is 3. The number of ketones is 1. The van der Waals surface area contributed by atoms with Gasteiger partial charge in [0.15, 0.2) is 0 Å². The maximum absolute atomic E-state index is 11.4. The first-order valence-corrected chi connectivity index (χ1v) is 4.25. The number of carbonyl (C=O) groups excluding carboxylic acids is 1. The second-order valence-electron chi connectivity index (χ2n) is 2.72. The van der Waals surface area contributed by atoms with Crippen molar-refractivity contribution in [2.24, 2.45) is 0 Å². The molecule has 1 aromatic heterocycles. The second kappa shape index (κ2) is 4.72. The van der Waals surface area contributed by atoms with Gasteiger partial charge in [-0.2, -0.15) is 0 Å². The summed E-state index contributed by atoms with van der Waals surface area (Å²) in [5.74, 6) is -0.0556. The van der Waals surface area contributed by atoms with E-state index in [0.717, 1.165) is 12.0 Å². The zero-order valence-corrected chi connectivity index (χ0v) is 7.91. The fourth-order valence-corrected chi connectivity index (χ4v) is 1.17. The second-order valence-corrected chi connectivity index (χ2v) is 2.72. The van der Waals surface area contributed by atoms with Crippen LogP contribution >= 0.6 is 0 Å². The number of carbonyl (C=O) groups is 1. The molecule has 3 heteroatoms. The van der Waals surface area contributed by atoms with Crippen molar-refractivity contribution < 1.29 is 9.53 Å². The number of ether oxygens (including phenoxy) is 1. The van der Waals surface area contributed by atoms with Crippen LogP contribution in [0.1, 0.15) is 23.0 Å². The quantitative estimate of drug-likeness (QED) is 0.657. The molecule has 70 valence electrons. The lowest BCUT2D eigenvalue weighted by atomic mass is 10.1. The zero-order valence-electron chi connectivity index (χ0n) is 7.91. The van der Waals surface area contributed by atoms with Crippen LogP contribution in [-0.4, -0.2) is 24.5 Å². The molecule has 1 aromatic rings. The summed E-state index contributed by atoms with van der Waals surface area (Å²) >= 11 is 0. The fourth-order valence-electron chi connectivity index (χ4n) is 1.17. The number of pyridine rings is 1. The van der Waals surface area contributed by atoms with Crippen LogP contribution in [0, 0.1) is 0 Å². The predicted molar refractivity (Wildman–Crippen MR) is 49.8 cm³/mol. The van der Waals surface area contributed by atoms with E-state index in [9.17, 15) is 4.79 Å². The highest BCUT2D eigenvalue weighted by Crippen LogP contribution is 2.06. The molecule has 3 nitrogen and oxygen atoms in total. The Hall–Kier alpha value is -1.22. The summed E-state index contributed by atoms with van der Waals surface area (Å²) in [7, 11) is 1.51. The summed E-state index contributed by atoms with van der Waals surface area (Å²) in [5, 5.41) is 0. The van der Waals surface area contributed by atoms with Crippen molar-refractivity contribution in [2.75, 3.05) is 13.7 Å². The van der Waals surface area contributed by atoms with E-state index in [-0.39, 0.29) is 12.4 Å². The van der Waals surface area contributed by atoms with Gasteiger partial charge in [0.25, 0.3) is 0 Å². The highest BCUT2D eigenvalue weighted by Gasteiger charge is 2.10. The monoisotopic (exact) mass is 179 g/mol. The molecule has 0 bridgehead atoms. The molecular weight excluding hydrogens is 166 g/mol. The van der Waals surface area contributed by atoms with Gasteiger partial charge in [0, 0.05) is 13.3 Å². The lowest BCUT2D eigenvalue weighted by Crippen LogP contribution is -2.11. The highest BCUT2D eigenvalue weighted by molar-refractivity contribution is 5.96. The summed E-state index contributed by atoms with van der Waals surface area (Å²) in [6, 6.07) is 3.75. The maximum Gasteiger partial charge on any atom is 0.206 e. The molecule has 13 heavy (non-hydrogen) atoms. The predicted octanol–water partition coefficient (Wildman–Crippen LogP) is 1.47. The number of Topliss-reactive ketones (excluding diaryl/α,β-unsaturated/α-hetero) is 1. The maximum atomic E-state index is 11.4. The third-order valence-corrected chi connectivity index (χ3v) is 1.81. The SMILES string of the molecule is CCc1cccnc1C(=O)COC. The van der Waals surface area contributed by atoms with Gasteiger partial charge in [0.1, 0.15) is 12.3 Å². The molecule has 0 amide bonds. The van der Waals surface area contributed by atoms with Gasteiger partial charge in [0.2, 0.25) is 5.78 Å². The molecule has 0 fully saturated rings. The Morgan fingerprint density at radius 1 is 1.62 bits per heavy atom. The van der Waals surface area contributed by atoms with Crippen molar-refractivity contribution in [1.82, 2.24) is 4.98 Å². The van der Waals surface area contributed by atoms with Crippen LogP contribution < -0.4 is 0 Å². The summed E-state index contributed by atoms with van der Waals surface area (Å²) in [5.41, 5.74) is 1.51. The van der Waals surface area contributed by atoms with Crippen LogP contribution in [0.3, 0.4) is 0 Å². The summed E-state index contributed by atoms with van der Waals surface area (Å²) in [4.78, 5) is 15.5. The average molecular weight is 179 g/mol. The summed E-state index contributed by atoms with van der Waals surface area (Å²) in [6.07, 6.45) is 2.45. The number of methoxy groups -OCH3 is 1. The van der Waals surface area contributed by atoms with Crippen LogP contribution in [0.4, 0.5) is 0 Å². The van der Waals surface area contributed by atoms with E-state index in [4.69, 9.17) is 4.74 Å². The van der Waals surface area contributed by atoms with Crippen LogP contribution in [0.5, 0.6) is 0 Å². The van der Waals surface area contributed by atoms with Crippen LogP contribution in [0.15, 0.2) is 18.3 Å². The van der Waals surface area contributed by atoms with Crippen molar-refractivity contribution in [3.8, 4) is 0 Å². The summed E-state index contributed by atoms with van der Waals surface area (Å²) < 4.78 is 4.77. The molecule has 0 saturated carbocycles.